The average molecular weight is 252 g/mol. The van der Waals surface area contributed by atoms with Gasteiger partial charge in [-0.1, -0.05) is 30.3 Å². The molecule has 92 valence electrons. The van der Waals surface area contributed by atoms with Gasteiger partial charge in [-0.2, -0.15) is 0 Å². The molecule has 0 N–H and O–H groups in total. The van der Waals surface area contributed by atoms with E-state index in [1.807, 2.05) is 42.3 Å². The van der Waals surface area contributed by atoms with Crippen molar-refractivity contribution in [2.45, 2.75) is 24.6 Å². The molecule has 1 fully saturated rings. The molecule has 1 aliphatic carbocycles. The molecule has 0 saturated heterocycles. The van der Waals surface area contributed by atoms with E-state index < -0.39 is 0 Å². The Bertz CT molecular complexity index is 373. The lowest BCUT2D eigenvalue weighted by Crippen LogP contribution is -2.38. The Morgan fingerprint density at radius 1 is 1.35 bits per heavy atom. The summed E-state index contributed by atoms with van der Waals surface area (Å²) in [4.78, 5) is 13.8. The van der Waals surface area contributed by atoms with Gasteiger partial charge >= 0.3 is 0 Å². The minimum absolute atomic E-state index is 0.189. The van der Waals surface area contributed by atoms with Crippen molar-refractivity contribution in [1.82, 2.24) is 4.90 Å². The van der Waals surface area contributed by atoms with Crippen molar-refractivity contribution < 1.29 is 4.79 Å². The summed E-state index contributed by atoms with van der Waals surface area (Å²) in [5, 5.41) is 0.331. The second-order valence-corrected chi connectivity index (χ2v) is 5.49. The van der Waals surface area contributed by atoms with Crippen LogP contribution in [0.1, 0.15) is 18.4 Å². The number of carbonyl (C=O) groups is 1. The molecule has 0 atom stereocenters. The maximum atomic E-state index is 12.0. The van der Waals surface area contributed by atoms with Crippen LogP contribution in [0.2, 0.25) is 0 Å². The lowest BCUT2D eigenvalue weighted by molar-refractivity contribution is -0.130. The molecule has 0 heterocycles. The number of amides is 1. The number of halogens is 1. The molecular weight excluding hydrogens is 234 g/mol. The van der Waals surface area contributed by atoms with E-state index in [-0.39, 0.29) is 5.91 Å². The number of nitrogens with zero attached hydrogens (tertiary/aromatic N) is 1. The fraction of sp³-hybridized carbons (Fsp3) is 0.500. The number of rotatable bonds is 4. The predicted molar refractivity (Wildman–Crippen MR) is 70.1 cm³/mol. The van der Waals surface area contributed by atoms with Crippen molar-refractivity contribution in [1.29, 1.82) is 0 Å². The first kappa shape index (κ1) is 12.4. The Labute approximate surface area is 108 Å². The van der Waals surface area contributed by atoms with Crippen LogP contribution in [-0.4, -0.2) is 29.8 Å². The molecule has 0 aromatic heterocycles. The summed E-state index contributed by atoms with van der Waals surface area (Å²) in [6, 6.07) is 9.87. The molecule has 0 bridgehead atoms. The first-order valence-electron chi connectivity index (χ1n) is 6.07. The summed E-state index contributed by atoms with van der Waals surface area (Å²) in [5.74, 6) is 0.788. The zero-order valence-electron chi connectivity index (χ0n) is 10.1. The molecule has 17 heavy (non-hydrogen) atoms. The molecule has 0 radical (unpaired) electrons. The molecule has 2 rings (SSSR count). The van der Waals surface area contributed by atoms with E-state index in [4.69, 9.17) is 11.6 Å². The van der Waals surface area contributed by atoms with Gasteiger partial charge in [0.1, 0.15) is 0 Å². The van der Waals surface area contributed by atoms with E-state index in [1.54, 1.807) is 0 Å². The van der Waals surface area contributed by atoms with Crippen LogP contribution in [0.4, 0.5) is 0 Å². The number of hydrogen-bond donors (Lipinski definition) is 0. The smallest absolute Gasteiger partial charge is 0.226 e. The minimum Gasteiger partial charge on any atom is -0.345 e. The molecule has 2 nitrogen and oxygen atoms in total. The lowest BCUT2D eigenvalue weighted by atomic mass is 9.84. The highest BCUT2D eigenvalue weighted by atomic mass is 35.5. The maximum absolute atomic E-state index is 12.0. The van der Waals surface area contributed by atoms with Crippen LogP contribution in [-0.2, 0) is 11.2 Å². The first-order valence-corrected chi connectivity index (χ1v) is 6.50. The number of hydrogen-bond acceptors (Lipinski definition) is 1. The molecule has 1 amide bonds. The largest absolute Gasteiger partial charge is 0.345 e. The quantitative estimate of drug-likeness (QED) is 0.754. The van der Waals surface area contributed by atoms with Crippen LogP contribution in [0, 0.1) is 5.92 Å². The minimum atomic E-state index is 0.189. The molecule has 0 unspecified atom stereocenters. The highest BCUT2D eigenvalue weighted by Crippen LogP contribution is 2.32. The third kappa shape index (κ3) is 3.47. The Morgan fingerprint density at radius 3 is 2.59 bits per heavy atom. The van der Waals surface area contributed by atoms with E-state index in [0.717, 1.165) is 24.9 Å². The standard InChI is InChI=1S/C14H18ClNO/c1-16(10-12-7-13(15)8-12)14(17)9-11-5-3-2-4-6-11/h2-6,12-13H,7-10H2,1H3. The normalized spacial score (nSPS) is 22.9. The molecule has 3 heteroatoms. The number of carbonyl (C=O) groups excluding carboxylic acids is 1. The SMILES string of the molecule is CN(CC1CC(Cl)C1)C(=O)Cc1ccccc1. The van der Waals surface area contributed by atoms with Crippen molar-refractivity contribution in [3.63, 3.8) is 0 Å². The topological polar surface area (TPSA) is 20.3 Å². The van der Waals surface area contributed by atoms with Crippen LogP contribution >= 0.6 is 11.6 Å². The lowest BCUT2D eigenvalue weighted by Gasteiger charge is -2.34. The summed E-state index contributed by atoms with van der Waals surface area (Å²) in [7, 11) is 1.88. The molecule has 1 aliphatic rings. The van der Waals surface area contributed by atoms with Crippen LogP contribution in [0.25, 0.3) is 0 Å². The first-order chi connectivity index (χ1) is 8.15. The van der Waals surface area contributed by atoms with Crippen molar-refractivity contribution in [2.75, 3.05) is 13.6 Å². The summed E-state index contributed by atoms with van der Waals surface area (Å²) >= 11 is 5.93. The molecule has 1 aromatic rings. The fourth-order valence-corrected chi connectivity index (χ4v) is 2.70. The third-order valence-electron chi connectivity index (χ3n) is 3.33. The fourth-order valence-electron chi connectivity index (χ4n) is 2.20. The van der Waals surface area contributed by atoms with E-state index in [0.29, 0.717) is 17.7 Å². The van der Waals surface area contributed by atoms with E-state index in [1.165, 1.54) is 0 Å². The monoisotopic (exact) mass is 251 g/mol. The van der Waals surface area contributed by atoms with Crippen LogP contribution in [0.3, 0.4) is 0 Å². The average Bonchev–Trinajstić information content (AvgIpc) is 2.28. The van der Waals surface area contributed by atoms with Gasteiger partial charge in [-0.15, -0.1) is 11.6 Å². The van der Waals surface area contributed by atoms with Crippen molar-refractivity contribution in [2.24, 2.45) is 5.92 Å². The van der Waals surface area contributed by atoms with E-state index in [2.05, 4.69) is 0 Å². The summed E-state index contributed by atoms with van der Waals surface area (Å²) < 4.78 is 0. The highest BCUT2D eigenvalue weighted by Gasteiger charge is 2.28. The Morgan fingerprint density at radius 2 is 2.00 bits per heavy atom. The molecule has 1 saturated carbocycles. The summed E-state index contributed by atoms with van der Waals surface area (Å²) in [6.45, 7) is 0.842. The Kier molecular flexibility index (Phi) is 4.06. The zero-order valence-corrected chi connectivity index (χ0v) is 10.9. The van der Waals surface area contributed by atoms with Gasteiger partial charge in [0.2, 0.25) is 5.91 Å². The van der Waals surface area contributed by atoms with Crippen LogP contribution in [0.5, 0.6) is 0 Å². The molecule has 0 spiro atoms. The van der Waals surface area contributed by atoms with E-state index >= 15 is 0 Å². The number of likely N-dealkylation sites (N-methyl/N-ethyl adjacent to an activating group) is 1. The van der Waals surface area contributed by atoms with Crippen molar-refractivity contribution in [3.05, 3.63) is 35.9 Å². The van der Waals surface area contributed by atoms with Crippen molar-refractivity contribution >= 4 is 17.5 Å². The van der Waals surface area contributed by atoms with Gasteiger partial charge in [-0.3, -0.25) is 4.79 Å². The maximum Gasteiger partial charge on any atom is 0.226 e. The van der Waals surface area contributed by atoms with Crippen molar-refractivity contribution in [3.8, 4) is 0 Å². The van der Waals surface area contributed by atoms with Gasteiger partial charge in [-0.25, -0.2) is 0 Å². The Balaban J connectivity index is 1.79. The Hall–Kier alpha value is -1.02. The van der Waals surface area contributed by atoms with Crippen LogP contribution < -0.4 is 0 Å². The highest BCUT2D eigenvalue weighted by molar-refractivity contribution is 6.21. The molecule has 1 aromatic carbocycles. The summed E-state index contributed by atoms with van der Waals surface area (Å²) in [5.41, 5.74) is 1.08. The summed E-state index contributed by atoms with van der Waals surface area (Å²) in [6.07, 6.45) is 2.59. The van der Waals surface area contributed by atoms with Gasteiger partial charge in [-0.05, 0) is 24.3 Å². The second-order valence-electron chi connectivity index (χ2n) is 4.87. The third-order valence-corrected chi connectivity index (χ3v) is 3.69. The molecular formula is C14H18ClNO. The van der Waals surface area contributed by atoms with Crippen LogP contribution in [0.15, 0.2) is 30.3 Å². The van der Waals surface area contributed by atoms with Gasteiger partial charge in [0.25, 0.3) is 0 Å². The number of alkyl halides is 1. The van der Waals surface area contributed by atoms with Gasteiger partial charge in [0.15, 0.2) is 0 Å². The second kappa shape index (κ2) is 5.54. The van der Waals surface area contributed by atoms with E-state index in [9.17, 15) is 4.79 Å². The van der Waals surface area contributed by atoms with Gasteiger partial charge < -0.3 is 4.90 Å². The zero-order chi connectivity index (χ0) is 12.3. The van der Waals surface area contributed by atoms with Gasteiger partial charge in [0.05, 0.1) is 6.42 Å². The predicted octanol–water partition coefficient (Wildman–Crippen LogP) is 2.70. The molecule has 0 aliphatic heterocycles. The number of benzene rings is 1. The van der Waals surface area contributed by atoms with Gasteiger partial charge in [0, 0.05) is 19.0 Å².